The average molecular weight is 582 g/mol. The van der Waals surface area contributed by atoms with Gasteiger partial charge in [0.05, 0.1) is 35.1 Å². The van der Waals surface area contributed by atoms with Gasteiger partial charge in [0.15, 0.2) is 0 Å². The van der Waals surface area contributed by atoms with E-state index in [1.165, 1.54) is 11.3 Å². The van der Waals surface area contributed by atoms with Gasteiger partial charge in [-0.15, -0.1) is 11.3 Å². The fraction of sp³-hybridized carbons (Fsp3) is 0.346. The molecule has 13 heteroatoms. The summed E-state index contributed by atoms with van der Waals surface area (Å²) in [4.78, 5) is 33.1. The van der Waals surface area contributed by atoms with Crippen LogP contribution in [-0.4, -0.2) is 66.1 Å². The largest absolute Gasteiger partial charge is 0.465 e. The van der Waals surface area contributed by atoms with E-state index in [1.807, 2.05) is 17.5 Å². The molecule has 4 rings (SSSR count). The van der Waals surface area contributed by atoms with E-state index in [1.54, 1.807) is 19.1 Å². The van der Waals surface area contributed by atoms with Gasteiger partial charge in [-0.05, 0) is 49.4 Å². The zero-order valence-corrected chi connectivity index (χ0v) is 22.6. The Labute approximate surface area is 232 Å². The molecule has 2 aromatic carbocycles. The Morgan fingerprint density at radius 1 is 1.05 bits per heavy atom. The smallest absolute Gasteiger partial charge is 0.416 e. The molecule has 0 aliphatic carbocycles. The van der Waals surface area contributed by atoms with Crippen LogP contribution in [0.15, 0.2) is 47.8 Å². The number of urea groups is 1. The summed E-state index contributed by atoms with van der Waals surface area (Å²) in [6, 6.07) is 9.18. The molecule has 1 aliphatic rings. The molecule has 2 amide bonds. The van der Waals surface area contributed by atoms with E-state index < -0.39 is 17.8 Å². The van der Waals surface area contributed by atoms with Crippen LogP contribution in [0.3, 0.4) is 0 Å². The van der Waals surface area contributed by atoms with Crippen LogP contribution in [0.2, 0.25) is 5.02 Å². The number of rotatable bonds is 8. The number of aromatic nitrogens is 1. The van der Waals surface area contributed by atoms with Crippen LogP contribution < -0.4 is 10.6 Å². The Morgan fingerprint density at radius 3 is 2.38 bits per heavy atom. The average Bonchev–Trinajstić information content (AvgIpc) is 3.35. The van der Waals surface area contributed by atoms with Crippen LogP contribution in [0.5, 0.6) is 0 Å². The highest BCUT2D eigenvalue weighted by Crippen LogP contribution is 2.34. The summed E-state index contributed by atoms with van der Waals surface area (Å²) in [5, 5.41) is 7.74. The fourth-order valence-electron chi connectivity index (χ4n) is 4.01. The van der Waals surface area contributed by atoms with Crippen LogP contribution in [-0.2, 0) is 22.3 Å². The summed E-state index contributed by atoms with van der Waals surface area (Å²) >= 11 is 7.43. The van der Waals surface area contributed by atoms with Crippen LogP contribution in [0.1, 0.15) is 18.2 Å². The second kappa shape index (κ2) is 12.8. The first-order valence-electron chi connectivity index (χ1n) is 12.2. The Kier molecular flexibility index (Phi) is 9.44. The molecule has 8 nitrogen and oxygen atoms in total. The second-order valence-electron chi connectivity index (χ2n) is 8.85. The number of alkyl halides is 3. The van der Waals surface area contributed by atoms with Gasteiger partial charge in [-0.2, -0.15) is 13.2 Å². The number of nitrogens with one attached hydrogen (secondary N) is 2. The monoisotopic (exact) mass is 581 g/mol. The number of amides is 2. The number of anilines is 2. The van der Waals surface area contributed by atoms with Crippen molar-refractivity contribution in [1.82, 2.24) is 14.8 Å². The van der Waals surface area contributed by atoms with E-state index in [0.29, 0.717) is 18.8 Å². The maximum atomic E-state index is 12.8. The number of carbonyl (C=O) groups is 2. The maximum Gasteiger partial charge on any atom is 0.416 e. The van der Waals surface area contributed by atoms with Crippen LogP contribution in [0.25, 0.3) is 10.6 Å². The third kappa shape index (κ3) is 8.15. The Balaban J connectivity index is 1.27. The van der Waals surface area contributed by atoms with E-state index in [9.17, 15) is 22.8 Å². The third-order valence-electron chi connectivity index (χ3n) is 5.99. The zero-order valence-electron chi connectivity index (χ0n) is 21.1. The predicted octanol–water partition coefficient (Wildman–Crippen LogP) is 5.81. The van der Waals surface area contributed by atoms with Crippen molar-refractivity contribution in [3.05, 3.63) is 64.1 Å². The Hall–Kier alpha value is -3.19. The molecule has 1 aliphatic heterocycles. The number of esters is 1. The van der Waals surface area contributed by atoms with Gasteiger partial charge in [-0.25, -0.2) is 9.78 Å². The molecule has 1 saturated heterocycles. The van der Waals surface area contributed by atoms with Crippen molar-refractivity contribution in [3.8, 4) is 10.6 Å². The zero-order chi connectivity index (χ0) is 28.0. The lowest BCUT2D eigenvalue weighted by molar-refractivity contribution is -0.145. The van der Waals surface area contributed by atoms with E-state index >= 15 is 0 Å². The van der Waals surface area contributed by atoms with Crippen LogP contribution in [0.4, 0.5) is 29.3 Å². The van der Waals surface area contributed by atoms with E-state index in [0.717, 1.165) is 67.2 Å². The van der Waals surface area contributed by atoms with Gasteiger partial charge in [0.1, 0.15) is 5.01 Å². The highest BCUT2D eigenvalue weighted by molar-refractivity contribution is 7.13. The van der Waals surface area contributed by atoms with Crippen molar-refractivity contribution in [2.45, 2.75) is 19.6 Å². The van der Waals surface area contributed by atoms with Gasteiger partial charge in [0.25, 0.3) is 0 Å². The quantitative estimate of drug-likeness (QED) is 0.327. The van der Waals surface area contributed by atoms with Gasteiger partial charge in [0.2, 0.25) is 0 Å². The lowest BCUT2D eigenvalue weighted by Gasteiger charge is -2.33. The topological polar surface area (TPSA) is 86.8 Å². The predicted molar refractivity (Wildman–Crippen MR) is 145 cm³/mol. The van der Waals surface area contributed by atoms with Crippen molar-refractivity contribution in [2.24, 2.45) is 0 Å². The van der Waals surface area contributed by atoms with Crippen LogP contribution >= 0.6 is 22.9 Å². The van der Waals surface area contributed by atoms with Crippen molar-refractivity contribution >= 4 is 46.3 Å². The summed E-state index contributed by atoms with van der Waals surface area (Å²) in [6.07, 6.45) is -4.52. The van der Waals surface area contributed by atoms with Gasteiger partial charge in [-0.1, -0.05) is 11.6 Å². The first-order chi connectivity index (χ1) is 18.6. The number of hydrogen-bond acceptors (Lipinski definition) is 7. The highest BCUT2D eigenvalue weighted by atomic mass is 35.5. The molecule has 3 aromatic rings. The Morgan fingerprint density at radius 2 is 1.74 bits per heavy atom. The molecule has 1 fully saturated rings. The van der Waals surface area contributed by atoms with E-state index in [4.69, 9.17) is 21.3 Å². The lowest BCUT2D eigenvalue weighted by atomic mass is 10.2. The van der Waals surface area contributed by atoms with Crippen molar-refractivity contribution in [2.75, 3.05) is 50.0 Å². The highest BCUT2D eigenvalue weighted by Gasteiger charge is 2.31. The normalized spacial score (nSPS) is 14.7. The number of benzene rings is 2. The number of nitrogens with zero attached hydrogens (tertiary/aromatic N) is 3. The second-order valence-corrected chi connectivity index (χ2v) is 10.1. The molecule has 0 bridgehead atoms. The molecular formula is C26H27ClF3N5O3S. The third-order valence-corrected chi connectivity index (χ3v) is 7.25. The summed E-state index contributed by atoms with van der Waals surface area (Å²) in [5.41, 5.74) is 1.52. The van der Waals surface area contributed by atoms with Crippen molar-refractivity contribution in [3.63, 3.8) is 0 Å². The molecule has 0 atom stereocenters. The molecule has 0 spiro atoms. The number of halogens is 4. The van der Waals surface area contributed by atoms with Gasteiger partial charge >= 0.3 is 18.2 Å². The number of carbonyl (C=O) groups excluding carboxylic acids is 2. The number of hydrogen-bond donors (Lipinski definition) is 2. The fourth-order valence-corrected chi connectivity index (χ4v) is 5.05. The minimum Gasteiger partial charge on any atom is -0.465 e. The van der Waals surface area contributed by atoms with Gasteiger partial charge < -0.3 is 15.4 Å². The molecule has 0 saturated carbocycles. The van der Waals surface area contributed by atoms with E-state index in [2.05, 4.69) is 20.4 Å². The SMILES string of the molecule is CCOC(=O)CN1CCN(Cc2csc(-c3ccc(NC(=O)Nc4ccc(C(F)(F)F)cc4Cl)cc3)n2)CC1. The summed E-state index contributed by atoms with van der Waals surface area (Å²) in [6.45, 7) is 6.49. The summed E-state index contributed by atoms with van der Waals surface area (Å²) in [7, 11) is 0. The minimum absolute atomic E-state index is 0.0644. The standard InChI is InChI=1S/C26H27ClF3N5O3S/c1-2-38-23(36)15-35-11-9-34(10-12-35)14-20-16-39-24(31-20)17-3-6-19(7-4-17)32-25(37)33-22-8-5-18(13-21(22)27)26(28,29)30/h3-8,13,16H,2,9-12,14-15H2,1H3,(H2,32,33,37). The molecule has 2 N–H and O–H groups in total. The van der Waals surface area contributed by atoms with Gasteiger partial charge in [0, 0.05) is 49.4 Å². The van der Waals surface area contributed by atoms with Gasteiger partial charge in [-0.3, -0.25) is 14.6 Å². The van der Waals surface area contributed by atoms with Crippen LogP contribution in [0, 0.1) is 0 Å². The molecular weight excluding hydrogens is 555 g/mol. The number of piperazine rings is 1. The molecule has 39 heavy (non-hydrogen) atoms. The number of thiazole rings is 1. The van der Waals surface area contributed by atoms with Crippen molar-refractivity contribution < 1.29 is 27.5 Å². The summed E-state index contributed by atoms with van der Waals surface area (Å²) in [5.74, 6) is -0.194. The lowest BCUT2D eigenvalue weighted by Crippen LogP contribution is -2.47. The molecule has 2 heterocycles. The molecule has 208 valence electrons. The molecule has 1 aromatic heterocycles. The number of ether oxygens (including phenoxy) is 1. The maximum absolute atomic E-state index is 12.8. The van der Waals surface area contributed by atoms with E-state index in [-0.39, 0.29) is 16.7 Å². The minimum atomic E-state index is -4.52. The van der Waals surface area contributed by atoms with Crippen molar-refractivity contribution in [1.29, 1.82) is 0 Å². The first-order valence-corrected chi connectivity index (χ1v) is 13.5. The molecule has 0 radical (unpaired) electrons. The molecule has 0 unspecified atom stereocenters. The first kappa shape index (κ1) is 28.8. The Bertz CT molecular complexity index is 1290. The summed E-state index contributed by atoms with van der Waals surface area (Å²) < 4.78 is 43.4.